The van der Waals surface area contributed by atoms with Gasteiger partial charge < -0.3 is 24.8 Å². The number of benzene rings is 4. The fourth-order valence-electron chi connectivity index (χ4n) is 9.92. The van der Waals surface area contributed by atoms with Crippen molar-refractivity contribution >= 4 is 27.0 Å². The number of hydrogen-bond donors (Lipinski definition) is 0. The normalized spacial score (nSPS) is 15.8. The van der Waals surface area contributed by atoms with Crippen LogP contribution < -0.4 is 24.8 Å². The summed E-state index contributed by atoms with van der Waals surface area (Å²) < 4.78 is 34.3. The van der Waals surface area contributed by atoms with Gasteiger partial charge in [0.05, 0.1) is 0 Å². The molecule has 0 saturated heterocycles. The van der Waals surface area contributed by atoms with Crippen molar-refractivity contribution in [3.63, 3.8) is 0 Å². The third-order valence-corrected chi connectivity index (χ3v) is 17.1. The van der Waals surface area contributed by atoms with Gasteiger partial charge in [0, 0.05) is 0 Å². The van der Waals surface area contributed by atoms with Crippen LogP contribution in [0.2, 0.25) is 12.6 Å². The van der Waals surface area contributed by atoms with Gasteiger partial charge in [-0.25, -0.2) is 0 Å². The van der Waals surface area contributed by atoms with Crippen molar-refractivity contribution in [2.75, 3.05) is 0 Å². The smallest absolute Gasteiger partial charge is 1.00 e. The molecule has 350 valence electrons. The third kappa shape index (κ3) is 16.9. The van der Waals surface area contributed by atoms with Crippen LogP contribution in [0.4, 0.5) is 13.2 Å². The van der Waals surface area contributed by atoms with E-state index in [1.165, 1.54) is 181 Å². The Labute approximate surface area is 418 Å². The second-order valence-corrected chi connectivity index (χ2v) is 27.6. The Hall–Kier alpha value is -2.43. The maximum Gasteiger partial charge on any atom is -1.00 e. The summed E-state index contributed by atoms with van der Waals surface area (Å²) in [6, 6.07) is 42.3. The molecule has 2 aliphatic carbocycles. The van der Waals surface area contributed by atoms with Crippen molar-refractivity contribution in [1.82, 2.24) is 0 Å². The zero-order valence-corrected chi connectivity index (χ0v) is 44.8. The van der Waals surface area contributed by atoms with Crippen LogP contribution in [0.3, 0.4) is 0 Å². The first-order valence-corrected chi connectivity index (χ1v) is 30.5. The second kappa shape index (κ2) is 27.5. The van der Waals surface area contributed by atoms with E-state index in [1.54, 1.807) is 11.1 Å². The Kier molecular flexibility index (Phi) is 23.4. The quantitative estimate of drug-likeness (QED) is 0.0651. The Bertz CT molecular complexity index is 2140. The van der Waals surface area contributed by atoms with Crippen molar-refractivity contribution < 1.29 is 61.3 Å². The summed E-state index contributed by atoms with van der Waals surface area (Å²) in [6.07, 6.45) is 17.6. The molecule has 0 bridgehead atoms. The molecular weight excluding hydrogens is 944 g/mol. The molecule has 0 amide bonds. The minimum absolute atomic E-state index is 0. The summed E-state index contributed by atoms with van der Waals surface area (Å²) in [7, 11) is 0. The summed E-state index contributed by atoms with van der Waals surface area (Å²) in [4.78, 5) is 0. The van der Waals surface area contributed by atoms with E-state index in [1.807, 2.05) is 6.55 Å². The van der Waals surface area contributed by atoms with Gasteiger partial charge in [0.2, 0.25) is 0 Å². The van der Waals surface area contributed by atoms with E-state index >= 15 is 0 Å². The maximum atomic E-state index is 11.4. The fraction of sp³-hybridized carbons (Fsp3) is 0.483. The molecule has 0 N–H and O–H groups in total. The summed E-state index contributed by atoms with van der Waals surface area (Å²) in [5.74, 6) is 3.06. The first kappa shape index (κ1) is 55.2. The van der Waals surface area contributed by atoms with E-state index in [0.29, 0.717) is 17.9 Å². The standard InChI is InChI=1S/2C27H33.C4H7F3Si.2ClH.Zr/c2*1-3-20(2)23-13-15-24(16-14-23)26-12-8-11-25-18-22(19-27(25)26)17-21-9-6-4-5-7-10-21;1-8-3-2-4(5,6)7;;;/h2*8,11-16,18-21H,3-7,9-10,17H2,1-2H3;2-3H2,1H3;2*1H;/q2*-1;;;;+2/p-2. The number of fused-ring (bicyclic) bond motifs is 2. The van der Waals surface area contributed by atoms with Gasteiger partial charge >= 0.3 is 67.1 Å². The SMILES string of the molecule is CCC(C)c1ccc(-c2cccc3[cH-]c(CC4CCCCCC4)cc23)cc1.CCC(C)c1ccc(-c2cccc3[cH-]c(CC4CCCCCC4)cc23)cc1.C[Si](=[Zr+2])CCC(F)(F)F.[Cl-].[Cl-]. The van der Waals surface area contributed by atoms with Crippen LogP contribution in [-0.4, -0.2) is 11.6 Å². The largest absolute Gasteiger partial charge is 1.00 e. The van der Waals surface area contributed by atoms with E-state index in [0.717, 1.165) is 11.8 Å². The Morgan fingerprint density at radius 1 is 0.585 bits per heavy atom. The minimum atomic E-state index is -3.93. The molecule has 2 atom stereocenters. The third-order valence-electron chi connectivity index (χ3n) is 14.2. The summed E-state index contributed by atoms with van der Waals surface area (Å²) in [5, 5.41) is 5.67. The van der Waals surface area contributed by atoms with Crippen LogP contribution in [0.5, 0.6) is 0 Å². The van der Waals surface area contributed by atoms with E-state index in [-0.39, 0.29) is 24.8 Å². The topological polar surface area (TPSA) is 0 Å². The molecule has 6 aromatic carbocycles. The Balaban J connectivity index is 0.000000234. The molecule has 2 fully saturated rings. The molecule has 0 nitrogen and oxygen atoms in total. The molecule has 65 heavy (non-hydrogen) atoms. The number of rotatable bonds is 12. The molecule has 0 aliphatic heterocycles. The van der Waals surface area contributed by atoms with Crippen molar-refractivity contribution in [1.29, 1.82) is 0 Å². The molecule has 6 aromatic rings. The molecule has 2 saturated carbocycles. The fourth-order valence-corrected chi connectivity index (χ4v) is 11.5. The van der Waals surface area contributed by atoms with E-state index in [9.17, 15) is 13.2 Å². The molecular formula is C58H73Cl2F3SiZr-2. The maximum absolute atomic E-state index is 11.4. The van der Waals surface area contributed by atoms with Crippen LogP contribution in [0.15, 0.2) is 109 Å². The van der Waals surface area contributed by atoms with Gasteiger partial charge in [0.1, 0.15) is 0 Å². The van der Waals surface area contributed by atoms with Crippen LogP contribution >= 0.6 is 0 Å². The average Bonchev–Trinajstić information content (AvgIpc) is 3.68. The molecule has 0 heterocycles. The van der Waals surface area contributed by atoms with Gasteiger partial charge in [-0.05, 0) is 71.6 Å². The van der Waals surface area contributed by atoms with E-state index < -0.39 is 18.0 Å². The van der Waals surface area contributed by atoms with Crippen LogP contribution in [0, 0.1) is 11.8 Å². The van der Waals surface area contributed by atoms with Gasteiger partial charge in [0.25, 0.3) is 0 Å². The first-order valence-electron chi connectivity index (χ1n) is 24.6. The van der Waals surface area contributed by atoms with E-state index in [2.05, 4.69) is 137 Å². The van der Waals surface area contributed by atoms with Crippen molar-refractivity contribution in [2.24, 2.45) is 11.8 Å². The van der Waals surface area contributed by atoms with Gasteiger partial charge in [-0.2, -0.15) is 12.1 Å². The Morgan fingerprint density at radius 2 is 0.954 bits per heavy atom. The van der Waals surface area contributed by atoms with Gasteiger partial charge in [-0.3, -0.25) is 0 Å². The molecule has 0 radical (unpaired) electrons. The molecule has 7 heteroatoms. The molecule has 2 unspecified atom stereocenters. The van der Waals surface area contributed by atoms with Crippen LogP contribution in [-0.2, 0) is 36.2 Å². The number of halogens is 5. The average molecular weight is 1020 g/mol. The predicted molar refractivity (Wildman–Crippen MR) is 264 cm³/mol. The summed E-state index contributed by atoms with van der Waals surface area (Å²) in [5.41, 5.74) is 10.8. The van der Waals surface area contributed by atoms with E-state index in [4.69, 9.17) is 0 Å². The Morgan fingerprint density at radius 3 is 1.26 bits per heavy atom. The van der Waals surface area contributed by atoms with Gasteiger partial charge in [-0.15, -0.1) is 69.1 Å². The molecule has 0 spiro atoms. The molecule has 8 rings (SSSR count). The van der Waals surface area contributed by atoms with Gasteiger partial charge in [0.15, 0.2) is 0 Å². The monoisotopic (exact) mass is 1010 g/mol. The second-order valence-electron chi connectivity index (χ2n) is 19.2. The zero-order chi connectivity index (χ0) is 44.8. The zero-order valence-electron chi connectivity index (χ0n) is 39.8. The van der Waals surface area contributed by atoms with Crippen molar-refractivity contribution in [3.8, 4) is 22.3 Å². The van der Waals surface area contributed by atoms with Crippen molar-refractivity contribution in [3.05, 3.63) is 131 Å². The molecule has 0 aromatic heterocycles. The summed E-state index contributed by atoms with van der Waals surface area (Å²) >= 11 is 1.29. The number of hydrogen-bond acceptors (Lipinski definition) is 0. The van der Waals surface area contributed by atoms with Crippen LogP contribution in [0.25, 0.3) is 43.8 Å². The van der Waals surface area contributed by atoms with Crippen LogP contribution in [0.1, 0.15) is 158 Å². The molecule has 2 aliphatic rings. The number of alkyl halides is 3. The first-order chi connectivity index (χ1) is 30.4. The van der Waals surface area contributed by atoms with Crippen molar-refractivity contribution in [2.45, 2.75) is 167 Å². The predicted octanol–water partition coefficient (Wildman–Crippen LogP) is 12.6. The summed E-state index contributed by atoms with van der Waals surface area (Å²) in [6.45, 7) is 11.1. The minimum Gasteiger partial charge on any atom is -1.00 e. The van der Waals surface area contributed by atoms with Gasteiger partial charge in [-0.1, -0.05) is 177 Å².